The summed E-state index contributed by atoms with van der Waals surface area (Å²) in [6.07, 6.45) is -6.17. The number of rotatable bonds is 6. The molecule has 2 aromatic carbocycles. The summed E-state index contributed by atoms with van der Waals surface area (Å²) in [4.78, 5) is 27.5. The van der Waals surface area contributed by atoms with Crippen molar-refractivity contribution in [1.29, 1.82) is 0 Å². The minimum atomic E-state index is -4.54. The van der Waals surface area contributed by atoms with Crippen molar-refractivity contribution in [3.05, 3.63) is 70.5 Å². The van der Waals surface area contributed by atoms with Gasteiger partial charge in [-0.3, -0.25) is 9.63 Å². The summed E-state index contributed by atoms with van der Waals surface area (Å²) in [7, 11) is 1.25. The molecule has 0 saturated carbocycles. The molecule has 0 heterocycles. The second kappa shape index (κ2) is 8.65. The highest BCUT2D eigenvalue weighted by molar-refractivity contribution is 5.93. The van der Waals surface area contributed by atoms with Crippen LogP contribution in [0.1, 0.15) is 21.5 Å². The Hall–Kier alpha value is -3.21. The molecule has 0 fully saturated rings. The Morgan fingerprint density at radius 3 is 2.25 bits per heavy atom. The number of alkyl carbamates (subject to hydrolysis) is 1. The van der Waals surface area contributed by atoms with Crippen LogP contribution in [0.15, 0.2) is 36.4 Å². The van der Waals surface area contributed by atoms with Crippen LogP contribution >= 0.6 is 0 Å². The number of ether oxygens (including phenoxy) is 1. The average molecular weight is 404 g/mol. The zero-order valence-electron chi connectivity index (χ0n) is 14.2. The van der Waals surface area contributed by atoms with Gasteiger partial charge in [0, 0.05) is 12.1 Å². The quantitative estimate of drug-likeness (QED) is 0.440. The fourth-order valence-corrected chi connectivity index (χ4v) is 2.06. The molecule has 0 atom stereocenters. The van der Waals surface area contributed by atoms with Crippen LogP contribution in [-0.4, -0.2) is 19.1 Å². The maximum Gasteiger partial charge on any atom is 0.432 e. The van der Waals surface area contributed by atoms with Crippen molar-refractivity contribution in [1.82, 2.24) is 10.8 Å². The van der Waals surface area contributed by atoms with E-state index in [0.29, 0.717) is 5.56 Å². The van der Waals surface area contributed by atoms with Gasteiger partial charge >= 0.3 is 12.2 Å². The maximum absolute atomic E-state index is 13.9. The molecule has 150 valence electrons. The summed E-state index contributed by atoms with van der Waals surface area (Å²) in [5, 5.41) is 1.99. The third-order valence-corrected chi connectivity index (χ3v) is 3.42. The summed E-state index contributed by atoms with van der Waals surface area (Å²) in [6, 6.07) is 6.19. The van der Waals surface area contributed by atoms with Crippen LogP contribution < -0.4 is 10.8 Å². The van der Waals surface area contributed by atoms with Crippen molar-refractivity contribution in [3.8, 4) is 0 Å². The number of hydrogen-bond acceptors (Lipinski definition) is 4. The SMILES string of the molecule is CONC(=O)c1ccc(CNC(=O)OC(F)(F)c2ccc(F)c(F)c2F)cc1. The van der Waals surface area contributed by atoms with Gasteiger partial charge < -0.3 is 10.1 Å². The molecule has 0 saturated heterocycles. The number of halogens is 5. The normalized spacial score (nSPS) is 11.1. The monoisotopic (exact) mass is 404 g/mol. The van der Waals surface area contributed by atoms with Gasteiger partial charge in [-0.25, -0.2) is 23.4 Å². The van der Waals surface area contributed by atoms with Crippen molar-refractivity contribution in [3.63, 3.8) is 0 Å². The molecule has 0 aliphatic rings. The fourth-order valence-electron chi connectivity index (χ4n) is 2.06. The summed E-state index contributed by atoms with van der Waals surface area (Å²) in [5.41, 5.74) is 1.13. The van der Waals surface area contributed by atoms with Crippen LogP contribution in [0.5, 0.6) is 0 Å². The first kappa shape index (κ1) is 21.1. The number of carbonyl (C=O) groups is 2. The van der Waals surface area contributed by atoms with Gasteiger partial charge in [0.2, 0.25) is 0 Å². The van der Waals surface area contributed by atoms with E-state index in [1.165, 1.54) is 31.4 Å². The van der Waals surface area contributed by atoms with Crippen LogP contribution in [0.2, 0.25) is 0 Å². The van der Waals surface area contributed by atoms with Crippen LogP contribution in [0.25, 0.3) is 0 Å². The summed E-state index contributed by atoms with van der Waals surface area (Å²) >= 11 is 0. The number of amides is 2. The van der Waals surface area contributed by atoms with E-state index in [-0.39, 0.29) is 24.2 Å². The highest BCUT2D eigenvalue weighted by atomic mass is 19.3. The Labute approximate surface area is 155 Å². The predicted octanol–water partition coefficient (Wildman–Crippen LogP) is 3.37. The standard InChI is InChI=1S/C17H13F5N2O4/c1-27-24-15(25)10-4-2-9(3-5-10)8-23-16(26)28-17(21,22)11-6-7-12(18)14(20)13(11)19/h2-7H,8H2,1H3,(H,23,26)(H,24,25). The van der Waals surface area contributed by atoms with Crippen LogP contribution in [-0.2, 0) is 22.2 Å². The Bertz CT molecular complexity index is 875. The zero-order valence-corrected chi connectivity index (χ0v) is 14.2. The Balaban J connectivity index is 1.98. The lowest BCUT2D eigenvalue weighted by molar-refractivity contribution is -0.209. The highest BCUT2D eigenvalue weighted by Crippen LogP contribution is 2.33. The second-order valence-electron chi connectivity index (χ2n) is 5.31. The molecule has 0 aliphatic carbocycles. The minimum Gasteiger partial charge on any atom is -0.380 e. The third kappa shape index (κ3) is 4.94. The van der Waals surface area contributed by atoms with E-state index in [9.17, 15) is 31.5 Å². The van der Waals surface area contributed by atoms with Crippen molar-refractivity contribution in [2.75, 3.05) is 7.11 Å². The third-order valence-electron chi connectivity index (χ3n) is 3.42. The minimum absolute atomic E-state index is 0.244. The smallest absolute Gasteiger partial charge is 0.380 e. The van der Waals surface area contributed by atoms with Gasteiger partial charge in [0.25, 0.3) is 5.91 Å². The molecule has 2 N–H and O–H groups in total. The average Bonchev–Trinajstić information content (AvgIpc) is 2.64. The first-order valence-electron chi connectivity index (χ1n) is 7.56. The van der Waals surface area contributed by atoms with E-state index < -0.39 is 41.1 Å². The number of hydroxylamine groups is 1. The van der Waals surface area contributed by atoms with Crippen molar-refractivity contribution in [2.45, 2.75) is 12.7 Å². The number of nitrogens with one attached hydrogen (secondary N) is 2. The maximum atomic E-state index is 13.9. The Morgan fingerprint density at radius 2 is 1.64 bits per heavy atom. The molecule has 0 bridgehead atoms. The van der Waals surface area contributed by atoms with E-state index in [1.807, 2.05) is 5.32 Å². The molecule has 0 unspecified atom stereocenters. The van der Waals surface area contributed by atoms with Gasteiger partial charge in [-0.2, -0.15) is 8.78 Å². The summed E-state index contributed by atoms with van der Waals surface area (Å²) < 4.78 is 70.9. The van der Waals surface area contributed by atoms with E-state index in [0.717, 1.165) is 0 Å². The lowest BCUT2D eigenvalue weighted by Gasteiger charge is -2.18. The Morgan fingerprint density at radius 1 is 1.00 bits per heavy atom. The number of benzene rings is 2. The first-order valence-corrected chi connectivity index (χ1v) is 7.56. The van der Waals surface area contributed by atoms with E-state index in [4.69, 9.17) is 0 Å². The summed E-state index contributed by atoms with van der Waals surface area (Å²) in [6.45, 7) is -0.263. The topological polar surface area (TPSA) is 76.7 Å². The van der Waals surface area contributed by atoms with Gasteiger partial charge in [0.15, 0.2) is 17.5 Å². The van der Waals surface area contributed by atoms with Gasteiger partial charge in [0.1, 0.15) is 5.56 Å². The number of carbonyl (C=O) groups excluding carboxylic acids is 2. The number of hydrogen-bond donors (Lipinski definition) is 2. The molecule has 2 rings (SSSR count). The van der Waals surface area contributed by atoms with Gasteiger partial charge in [-0.05, 0) is 29.8 Å². The van der Waals surface area contributed by atoms with Gasteiger partial charge in [-0.15, -0.1) is 0 Å². The largest absolute Gasteiger partial charge is 0.432 e. The second-order valence-corrected chi connectivity index (χ2v) is 5.31. The predicted molar refractivity (Wildman–Crippen MR) is 84.4 cm³/mol. The molecule has 0 spiro atoms. The molecule has 0 aliphatic heterocycles. The molecular formula is C17H13F5N2O4. The van der Waals surface area contributed by atoms with Crippen LogP contribution in [0, 0.1) is 17.5 Å². The van der Waals surface area contributed by atoms with Crippen LogP contribution in [0.4, 0.5) is 26.7 Å². The highest BCUT2D eigenvalue weighted by Gasteiger charge is 2.41. The molecule has 0 radical (unpaired) electrons. The molecule has 2 amide bonds. The van der Waals surface area contributed by atoms with E-state index >= 15 is 0 Å². The van der Waals surface area contributed by atoms with Crippen molar-refractivity contribution < 1.29 is 41.1 Å². The zero-order chi connectivity index (χ0) is 20.9. The van der Waals surface area contributed by atoms with E-state index in [1.54, 1.807) is 0 Å². The molecule has 28 heavy (non-hydrogen) atoms. The van der Waals surface area contributed by atoms with Crippen molar-refractivity contribution >= 4 is 12.0 Å². The fraction of sp³-hybridized carbons (Fsp3) is 0.176. The molecule has 0 aromatic heterocycles. The number of alkyl halides is 2. The first-order chi connectivity index (χ1) is 13.2. The summed E-state index contributed by atoms with van der Waals surface area (Å²) in [5.74, 6) is -6.46. The van der Waals surface area contributed by atoms with Crippen LogP contribution in [0.3, 0.4) is 0 Å². The van der Waals surface area contributed by atoms with E-state index in [2.05, 4.69) is 15.1 Å². The molecular weight excluding hydrogens is 391 g/mol. The lowest BCUT2D eigenvalue weighted by atomic mass is 10.1. The lowest BCUT2D eigenvalue weighted by Crippen LogP contribution is -2.32. The van der Waals surface area contributed by atoms with Gasteiger partial charge in [0.05, 0.1) is 7.11 Å². The Kier molecular flexibility index (Phi) is 6.52. The molecule has 2 aromatic rings. The van der Waals surface area contributed by atoms with Gasteiger partial charge in [-0.1, -0.05) is 12.1 Å². The molecule has 11 heteroatoms. The van der Waals surface area contributed by atoms with Crippen molar-refractivity contribution in [2.24, 2.45) is 0 Å². The molecule has 6 nitrogen and oxygen atoms in total.